The van der Waals surface area contributed by atoms with E-state index < -0.39 is 11.9 Å². The molecule has 3 rings (SSSR count). The van der Waals surface area contributed by atoms with E-state index in [4.69, 9.17) is 26.8 Å². The van der Waals surface area contributed by atoms with Crippen LogP contribution in [0.25, 0.3) is 0 Å². The summed E-state index contributed by atoms with van der Waals surface area (Å²) in [6.45, 7) is 5.76. The number of fused-ring (bicyclic) bond motifs is 1. The SMILES string of the molecule is CCCSc1nc(Cl)c(N)c(N[C@@H]2C[C@H](O)[C@H]3OC(C)(C)O[C@H]32)n1. The number of nitrogens with two attached hydrogens (primary N) is 1. The lowest BCUT2D eigenvalue weighted by Crippen LogP contribution is -2.35. The van der Waals surface area contributed by atoms with Crippen LogP contribution in [0.15, 0.2) is 5.16 Å². The van der Waals surface area contributed by atoms with Crippen LogP contribution in [-0.4, -0.2) is 51.0 Å². The summed E-state index contributed by atoms with van der Waals surface area (Å²) >= 11 is 7.66. The number of hydrogen-bond donors (Lipinski definition) is 3. The lowest BCUT2D eigenvalue weighted by molar-refractivity contribution is -0.162. The first kappa shape index (κ1) is 18.0. The van der Waals surface area contributed by atoms with Gasteiger partial charge in [0.1, 0.15) is 17.9 Å². The van der Waals surface area contributed by atoms with E-state index in [0.717, 1.165) is 12.2 Å². The predicted octanol–water partition coefficient (Wildman–Crippen LogP) is 2.28. The molecule has 0 unspecified atom stereocenters. The number of aliphatic hydroxyl groups excluding tert-OH is 1. The van der Waals surface area contributed by atoms with E-state index in [9.17, 15) is 5.11 Å². The Morgan fingerprint density at radius 3 is 2.79 bits per heavy atom. The average Bonchev–Trinajstić information content (AvgIpc) is 2.97. The van der Waals surface area contributed by atoms with Crippen molar-refractivity contribution in [1.82, 2.24) is 9.97 Å². The van der Waals surface area contributed by atoms with Crippen molar-refractivity contribution in [2.45, 2.75) is 68.9 Å². The Bertz CT molecular complexity index is 619. The highest BCUT2D eigenvalue weighted by Crippen LogP contribution is 2.40. The number of anilines is 2. The zero-order chi connectivity index (χ0) is 17.5. The van der Waals surface area contributed by atoms with Crippen molar-refractivity contribution >= 4 is 34.9 Å². The Morgan fingerprint density at radius 1 is 1.38 bits per heavy atom. The number of nitrogens with zero attached hydrogens (tertiary/aromatic N) is 2. The summed E-state index contributed by atoms with van der Waals surface area (Å²) in [5, 5.41) is 14.3. The second-order valence-electron chi connectivity index (χ2n) is 6.53. The minimum Gasteiger partial charge on any atom is -0.393 e. The van der Waals surface area contributed by atoms with Crippen molar-refractivity contribution in [2.75, 3.05) is 16.8 Å². The molecule has 1 saturated carbocycles. The van der Waals surface area contributed by atoms with Crippen LogP contribution in [0.4, 0.5) is 11.5 Å². The van der Waals surface area contributed by atoms with Gasteiger partial charge in [-0.3, -0.25) is 0 Å². The molecule has 0 spiro atoms. The summed E-state index contributed by atoms with van der Waals surface area (Å²) < 4.78 is 11.7. The van der Waals surface area contributed by atoms with E-state index in [1.54, 1.807) is 0 Å². The van der Waals surface area contributed by atoms with E-state index in [-0.39, 0.29) is 23.4 Å². The molecule has 134 valence electrons. The quantitative estimate of drug-likeness (QED) is 0.410. The number of halogens is 1. The topological polar surface area (TPSA) is 103 Å². The summed E-state index contributed by atoms with van der Waals surface area (Å²) in [7, 11) is 0. The van der Waals surface area contributed by atoms with Crippen molar-refractivity contribution in [2.24, 2.45) is 0 Å². The lowest BCUT2D eigenvalue weighted by Gasteiger charge is -2.24. The largest absolute Gasteiger partial charge is 0.393 e. The lowest BCUT2D eigenvalue weighted by atomic mass is 10.2. The van der Waals surface area contributed by atoms with Gasteiger partial charge < -0.3 is 25.6 Å². The molecule has 1 aromatic rings. The maximum Gasteiger partial charge on any atom is 0.191 e. The number of aromatic nitrogens is 2. The normalized spacial score (nSPS) is 31.2. The van der Waals surface area contributed by atoms with Crippen LogP contribution >= 0.6 is 23.4 Å². The van der Waals surface area contributed by atoms with E-state index >= 15 is 0 Å². The Balaban J connectivity index is 1.79. The van der Waals surface area contributed by atoms with Gasteiger partial charge in [-0.05, 0) is 26.7 Å². The second kappa shape index (κ2) is 6.84. The minimum absolute atomic E-state index is 0.163. The number of nitrogens with one attached hydrogen (secondary N) is 1. The maximum absolute atomic E-state index is 10.2. The van der Waals surface area contributed by atoms with E-state index in [1.807, 2.05) is 13.8 Å². The summed E-state index contributed by atoms with van der Waals surface area (Å²) in [6.07, 6.45) is 0.281. The van der Waals surface area contributed by atoms with Gasteiger partial charge in [0.05, 0.1) is 12.1 Å². The molecule has 1 aliphatic carbocycles. The first-order chi connectivity index (χ1) is 11.3. The van der Waals surface area contributed by atoms with Crippen molar-refractivity contribution in [3.8, 4) is 0 Å². The molecule has 7 nitrogen and oxygen atoms in total. The molecule has 0 bridgehead atoms. The third-order valence-electron chi connectivity index (χ3n) is 4.07. The number of aliphatic hydroxyl groups is 1. The fraction of sp³-hybridized carbons (Fsp3) is 0.733. The standard InChI is InChI=1S/C15H23ClN4O3S/c1-4-5-24-14-19-12(16)9(17)13(20-14)18-7-6-8(21)11-10(7)22-15(2,3)23-11/h7-8,10-11,21H,4-6,17H2,1-3H3,(H,18,19,20)/t7-,8+,10+,11-/m1/s1. The first-order valence-electron chi connectivity index (χ1n) is 8.07. The van der Waals surface area contributed by atoms with Crippen molar-refractivity contribution in [3.63, 3.8) is 0 Å². The highest BCUT2D eigenvalue weighted by molar-refractivity contribution is 7.99. The molecule has 0 amide bonds. The van der Waals surface area contributed by atoms with Gasteiger partial charge in [0.25, 0.3) is 0 Å². The molecule has 9 heteroatoms. The highest BCUT2D eigenvalue weighted by Gasteiger charge is 2.53. The van der Waals surface area contributed by atoms with Crippen LogP contribution in [0.3, 0.4) is 0 Å². The molecule has 2 heterocycles. The number of rotatable bonds is 5. The molecular formula is C15H23ClN4O3S. The van der Waals surface area contributed by atoms with E-state index in [1.165, 1.54) is 11.8 Å². The summed E-state index contributed by atoms with van der Waals surface area (Å²) in [6, 6.07) is -0.163. The Morgan fingerprint density at radius 2 is 2.08 bits per heavy atom. The second-order valence-corrected chi connectivity index (χ2v) is 7.95. The highest BCUT2D eigenvalue weighted by atomic mass is 35.5. The van der Waals surface area contributed by atoms with Crippen LogP contribution in [0.1, 0.15) is 33.6 Å². The molecule has 4 N–H and O–H groups in total. The molecule has 0 radical (unpaired) electrons. The molecule has 1 aromatic heterocycles. The number of ether oxygens (including phenoxy) is 2. The molecule has 1 aliphatic heterocycles. The minimum atomic E-state index is -0.715. The van der Waals surface area contributed by atoms with Gasteiger partial charge in [0, 0.05) is 5.75 Å². The summed E-state index contributed by atoms with van der Waals surface area (Å²) in [4.78, 5) is 8.66. The monoisotopic (exact) mass is 374 g/mol. The van der Waals surface area contributed by atoms with Crippen LogP contribution in [0.2, 0.25) is 5.15 Å². The number of hydrogen-bond acceptors (Lipinski definition) is 8. The van der Waals surface area contributed by atoms with Gasteiger partial charge in [-0.1, -0.05) is 30.3 Å². The van der Waals surface area contributed by atoms with E-state index in [0.29, 0.717) is 23.1 Å². The van der Waals surface area contributed by atoms with Crippen molar-refractivity contribution in [1.29, 1.82) is 0 Å². The first-order valence-corrected chi connectivity index (χ1v) is 9.43. The molecule has 24 heavy (non-hydrogen) atoms. The van der Waals surface area contributed by atoms with Crippen LogP contribution in [-0.2, 0) is 9.47 Å². The Kier molecular flexibility index (Phi) is 5.13. The average molecular weight is 375 g/mol. The van der Waals surface area contributed by atoms with Gasteiger partial charge in [-0.15, -0.1) is 0 Å². The van der Waals surface area contributed by atoms with Gasteiger partial charge in [-0.2, -0.15) is 0 Å². The predicted molar refractivity (Wildman–Crippen MR) is 94.3 cm³/mol. The maximum atomic E-state index is 10.2. The van der Waals surface area contributed by atoms with Crippen LogP contribution < -0.4 is 11.1 Å². The Labute approximate surface area is 150 Å². The molecule has 2 fully saturated rings. The van der Waals surface area contributed by atoms with Crippen molar-refractivity contribution < 1.29 is 14.6 Å². The fourth-order valence-corrected chi connectivity index (χ4v) is 3.98. The van der Waals surface area contributed by atoms with Gasteiger partial charge in [-0.25, -0.2) is 9.97 Å². The van der Waals surface area contributed by atoms with Crippen LogP contribution in [0.5, 0.6) is 0 Å². The fourth-order valence-electron chi connectivity index (χ4n) is 3.06. The molecule has 4 atom stereocenters. The summed E-state index contributed by atoms with van der Waals surface area (Å²) in [5.74, 6) is 0.658. The zero-order valence-corrected chi connectivity index (χ0v) is 15.5. The number of nitrogen functional groups attached to an aromatic ring is 1. The third kappa shape index (κ3) is 3.57. The van der Waals surface area contributed by atoms with Gasteiger partial charge in [0.15, 0.2) is 21.9 Å². The third-order valence-corrected chi connectivity index (χ3v) is 5.41. The molecule has 2 aliphatic rings. The molecular weight excluding hydrogens is 352 g/mol. The van der Waals surface area contributed by atoms with Crippen molar-refractivity contribution in [3.05, 3.63) is 5.15 Å². The van der Waals surface area contributed by atoms with Crippen LogP contribution in [0, 0.1) is 0 Å². The smallest absolute Gasteiger partial charge is 0.191 e. The van der Waals surface area contributed by atoms with E-state index in [2.05, 4.69) is 22.2 Å². The molecule has 1 saturated heterocycles. The Hall–Kier alpha value is -0.800. The van der Waals surface area contributed by atoms with Gasteiger partial charge >= 0.3 is 0 Å². The molecule has 0 aromatic carbocycles. The van der Waals surface area contributed by atoms with Gasteiger partial charge in [0.2, 0.25) is 0 Å². The zero-order valence-electron chi connectivity index (χ0n) is 14.0. The summed E-state index contributed by atoms with van der Waals surface area (Å²) in [5.41, 5.74) is 6.32. The number of thioether (sulfide) groups is 1.